The SMILES string of the molecule is C[C@H]([NH3+])C[C@@H]([NH3+])C(=O)[O-]. The first-order valence-electron chi connectivity index (χ1n) is 2.91. The van der Waals surface area contributed by atoms with Crippen LogP contribution in [-0.4, -0.2) is 18.1 Å². The van der Waals surface area contributed by atoms with Gasteiger partial charge in [-0.05, 0) is 6.92 Å². The number of rotatable bonds is 3. The van der Waals surface area contributed by atoms with Gasteiger partial charge in [0.25, 0.3) is 0 Å². The van der Waals surface area contributed by atoms with Gasteiger partial charge >= 0.3 is 0 Å². The summed E-state index contributed by atoms with van der Waals surface area (Å²) in [6.45, 7) is 1.85. The molecule has 0 heterocycles. The van der Waals surface area contributed by atoms with E-state index in [-0.39, 0.29) is 6.04 Å². The Kier molecular flexibility index (Phi) is 3.19. The highest BCUT2D eigenvalue weighted by atomic mass is 16.4. The summed E-state index contributed by atoms with van der Waals surface area (Å²) in [4.78, 5) is 10.0. The molecule has 0 aromatic rings. The van der Waals surface area contributed by atoms with Gasteiger partial charge in [-0.2, -0.15) is 0 Å². The van der Waals surface area contributed by atoms with Crippen molar-refractivity contribution in [2.75, 3.05) is 0 Å². The van der Waals surface area contributed by atoms with Gasteiger partial charge in [-0.15, -0.1) is 0 Å². The van der Waals surface area contributed by atoms with Gasteiger partial charge in [0.2, 0.25) is 0 Å². The highest BCUT2D eigenvalue weighted by molar-refractivity contribution is 5.69. The van der Waals surface area contributed by atoms with Gasteiger partial charge in [-0.1, -0.05) is 0 Å². The van der Waals surface area contributed by atoms with Crippen LogP contribution in [0.5, 0.6) is 0 Å². The predicted octanol–water partition coefficient (Wildman–Crippen LogP) is -3.63. The Bertz CT molecular complexity index is 103. The first-order chi connectivity index (χ1) is 4.04. The van der Waals surface area contributed by atoms with Gasteiger partial charge in [-0.3, -0.25) is 0 Å². The fourth-order valence-electron chi connectivity index (χ4n) is 0.582. The molecule has 0 spiro atoms. The van der Waals surface area contributed by atoms with Crippen molar-refractivity contribution in [2.24, 2.45) is 0 Å². The Hall–Kier alpha value is -0.610. The summed E-state index contributed by atoms with van der Waals surface area (Å²) in [7, 11) is 0. The molecule has 0 bridgehead atoms. The number of aliphatic carboxylic acids is 1. The van der Waals surface area contributed by atoms with E-state index < -0.39 is 12.0 Å². The Morgan fingerprint density at radius 2 is 2.11 bits per heavy atom. The van der Waals surface area contributed by atoms with Crippen LogP contribution >= 0.6 is 0 Å². The maximum atomic E-state index is 10.0. The number of carbonyl (C=O) groups is 1. The molecular weight excluding hydrogens is 120 g/mol. The summed E-state index contributed by atoms with van der Waals surface area (Å²) in [6.07, 6.45) is 0.488. The molecule has 4 heteroatoms. The summed E-state index contributed by atoms with van der Waals surface area (Å²) in [5.74, 6) is -1.09. The average Bonchev–Trinajstić information content (AvgIpc) is 1.63. The van der Waals surface area contributed by atoms with Gasteiger partial charge in [0.05, 0.1) is 18.4 Å². The second kappa shape index (κ2) is 3.42. The zero-order valence-corrected chi connectivity index (χ0v) is 5.59. The van der Waals surface area contributed by atoms with Crippen molar-refractivity contribution in [1.29, 1.82) is 0 Å². The number of hydrogen-bond acceptors (Lipinski definition) is 2. The van der Waals surface area contributed by atoms with Gasteiger partial charge in [0.15, 0.2) is 0 Å². The van der Waals surface area contributed by atoms with Crippen molar-refractivity contribution in [1.82, 2.24) is 0 Å². The van der Waals surface area contributed by atoms with Crippen molar-refractivity contribution in [3.63, 3.8) is 0 Å². The highest BCUT2D eigenvalue weighted by Gasteiger charge is 2.10. The summed E-state index contributed by atoms with van der Waals surface area (Å²) < 4.78 is 0. The van der Waals surface area contributed by atoms with Crippen LogP contribution in [0.15, 0.2) is 0 Å². The molecule has 0 saturated carbocycles. The maximum Gasteiger partial charge on any atom is 0.130 e. The molecule has 0 fully saturated rings. The molecule has 0 saturated heterocycles. The molecule has 54 valence electrons. The van der Waals surface area contributed by atoms with E-state index in [0.29, 0.717) is 6.42 Å². The van der Waals surface area contributed by atoms with E-state index in [0.717, 1.165) is 0 Å². The third-order valence-corrected chi connectivity index (χ3v) is 1.02. The number of carboxylic acids is 1. The Labute approximate surface area is 53.8 Å². The second-order valence-corrected chi connectivity index (χ2v) is 2.36. The molecule has 0 aliphatic heterocycles. The third-order valence-electron chi connectivity index (χ3n) is 1.02. The number of hydrogen-bond donors (Lipinski definition) is 2. The van der Waals surface area contributed by atoms with Crippen LogP contribution < -0.4 is 16.6 Å². The van der Waals surface area contributed by atoms with Crippen LogP contribution in [-0.2, 0) is 4.79 Å². The molecule has 0 aliphatic rings. The second-order valence-electron chi connectivity index (χ2n) is 2.36. The van der Waals surface area contributed by atoms with Crippen molar-refractivity contribution < 1.29 is 21.4 Å². The lowest BCUT2D eigenvalue weighted by molar-refractivity contribution is -0.468. The van der Waals surface area contributed by atoms with Gasteiger partial charge in [0.1, 0.15) is 6.04 Å². The lowest BCUT2D eigenvalue weighted by Crippen LogP contribution is -2.72. The Balaban J connectivity index is 3.50. The van der Waals surface area contributed by atoms with Crippen molar-refractivity contribution in [2.45, 2.75) is 25.4 Å². The molecule has 2 atom stereocenters. The van der Waals surface area contributed by atoms with E-state index in [9.17, 15) is 9.90 Å². The Morgan fingerprint density at radius 3 is 2.22 bits per heavy atom. The molecule has 0 radical (unpaired) electrons. The molecule has 0 amide bonds. The minimum atomic E-state index is -1.09. The summed E-state index contributed by atoms with van der Waals surface area (Å²) in [5.41, 5.74) is 7.01. The van der Waals surface area contributed by atoms with Gasteiger partial charge in [0, 0.05) is 0 Å². The molecule has 9 heavy (non-hydrogen) atoms. The quantitative estimate of drug-likeness (QED) is 0.415. The zero-order valence-electron chi connectivity index (χ0n) is 5.59. The number of quaternary nitrogens is 2. The van der Waals surface area contributed by atoms with E-state index in [1.807, 2.05) is 6.92 Å². The standard InChI is InChI=1S/C5H12N2O2/c1-3(6)2-4(7)5(8)9/h3-4H,2,6-7H2,1H3,(H,8,9)/p+1/t3-,4+/m0/s1. The van der Waals surface area contributed by atoms with Crippen molar-refractivity contribution in [3.8, 4) is 0 Å². The molecule has 0 aromatic heterocycles. The molecule has 0 aromatic carbocycles. The monoisotopic (exact) mass is 133 g/mol. The minimum absolute atomic E-state index is 0.130. The predicted molar refractivity (Wildman–Crippen MR) is 28.7 cm³/mol. The third kappa shape index (κ3) is 3.93. The van der Waals surface area contributed by atoms with Crippen LogP contribution in [0.3, 0.4) is 0 Å². The van der Waals surface area contributed by atoms with Crippen LogP contribution in [0, 0.1) is 0 Å². The minimum Gasteiger partial charge on any atom is -0.544 e. The van der Waals surface area contributed by atoms with Crippen LogP contribution in [0.2, 0.25) is 0 Å². The first-order valence-corrected chi connectivity index (χ1v) is 2.91. The number of carbonyl (C=O) groups excluding carboxylic acids is 1. The molecule has 0 rings (SSSR count). The average molecular weight is 133 g/mol. The zero-order chi connectivity index (χ0) is 7.44. The van der Waals surface area contributed by atoms with Crippen LogP contribution in [0.4, 0.5) is 0 Å². The van der Waals surface area contributed by atoms with E-state index in [1.54, 1.807) is 0 Å². The molecule has 0 aliphatic carbocycles. The van der Waals surface area contributed by atoms with E-state index in [1.165, 1.54) is 0 Å². The number of carboxylic acid groups (broad SMARTS) is 1. The summed E-state index contributed by atoms with van der Waals surface area (Å²) in [6, 6.07) is -0.483. The fourth-order valence-corrected chi connectivity index (χ4v) is 0.582. The lowest BCUT2D eigenvalue weighted by atomic mass is 10.1. The van der Waals surface area contributed by atoms with Crippen LogP contribution in [0.1, 0.15) is 13.3 Å². The van der Waals surface area contributed by atoms with Gasteiger partial charge < -0.3 is 21.4 Å². The van der Waals surface area contributed by atoms with E-state index >= 15 is 0 Å². The summed E-state index contributed by atoms with van der Waals surface area (Å²) >= 11 is 0. The summed E-state index contributed by atoms with van der Waals surface area (Å²) in [5, 5.41) is 10.0. The van der Waals surface area contributed by atoms with E-state index in [4.69, 9.17) is 0 Å². The molecule has 0 unspecified atom stereocenters. The van der Waals surface area contributed by atoms with Crippen LogP contribution in [0.25, 0.3) is 0 Å². The highest BCUT2D eigenvalue weighted by Crippen LogP contribution is 1.85. The van der Waals surface area contributed by atoms with Gasteiger partial charge in [-0.25, -0.2) is 0 Å². The molecule has 6 N–H and O–H groups in total. The maximum absolute atomic E-state index is 10.0. The topological polar surface area (TPSA) is 95.4 Å². The molecular formula is C5H13N2O2+. The normalized spacial score (nSPS) is 16.8. The largest absolute Gasteiger partial charge is 0.544 e. The molecule has 4 nitrogen and oxygen atoms in total. The van der Waals surface area contributed by atoms with Crippen molar-refractivity contribution in [3.05, 3.63) is 0 Å². The lowest BCUT2D eigenvalue weighted by Gasteiger charge is -2.08. The van der Waals surface area contributed by atoms with E-state index in [2.05, 4.69) is 11.5 Å². The Morgan fingerprint density at radius 1 is 1.67 bits per heavy atom. The smallest absolute Gasteiger partial charge is 0.130 e. The fraction of sp³-hybridized carbons (Fsp3) is 0.800. The first kappa shape index (κ1) is 8.39. The van der Waals surface area contributed by atoms with Crippen molar-refractivity contribution >= 4 is 5.97 Å².